The highest BCUT2D eigenvalue weighted by Gasteiger charge is 2.44. The molecule has 0 atom stereocenters. The molecule has 1 heterocycles. The van der Waals surface area contributed by atoms with Gasteiger partial charge in [-0.05, 0) is 32.0 Å². The SMILES string of the molecule is COc1cc(Cl)ccc1C(=O)N1CC(=O)NC(=O)C1(C)C. The zero-order valence-electron chi connectivity index (χ0n) is 11.9. The Morgan fingerprint density at radius 1 is 1.38 bits per heavy atom. The lowest BCUT2D eigenvalue weighted by Crippen LogP contribution is -2.65. The summed E-state index contributed by atoms with van der Waals surface area (Å²) in [5, 5.41) is 2.65. The second-order valence-electron chi connectivity index (χ2n) is 5.17. The predicted molar refractivity (Wildman–Crippen MR) is 76.3 cm³/mol. The first-order valence-electron chi connectivity index (χ1n) is 6.27. The first-order valence-corrected chi connectivity index (χ1v) is 6.65. The zero-order chi connectivity index (χ0) is 15.8. The minimum Gasteiger partial charge on any atom is -0.496 e. The zero-order valence-corrected chi connectivity index (χ0v) is 12.7. The molecule has 1 aliphatic rings. The third kappa shape index (κ3) is 2.71. The van der Waals surface area contributed by atoms with Gasteiger partial charge in [0.05, 0.1) is 12.7 Å². The monoisotopic (exact) mass is 310 g/mol. The highest BCUT2D eigenvalue weighted by molar-refractivity contribution is 6.30. The molecule has 0 unspecified atom stereocenters. The van der Waals surface area contributed by atoms with Gasteiger partial charge in [0.2, 0.25) is 5.91 Å². The molecule has 0 bridgehead atoms. The second kappa shape index (κ2) is 5.37. The predicted octanol–water partition coefficient (Wildman–Crippen LogP) is 1.23. The Morgan fingerprint density at radius 3 is 2.67 bits per heavy atom. The lowest BCUT2D eigenvalue weighted by molar-refractivity contribution is -0.143. The number of hydrogen-bond donors (Lipinski definition) is 1. The minimum atomic E-state index is -1.13. The van der Waals surface area contributed by atoms with E-state index in [1.807, 2.05) is 0 Å². The van der Waals surface area contributed by atoms with Gasteiger partial charge in [0.1, 0.15) is 17.8 Å². The fourth-order valence-corrected chi connectivity index (χ4v) is 2.26. The summed E-state index contributed by atoms with van der Waals surface area (Å²) < 4.78 is 5.14. The number of hydrogen-bond acceptors (Lipinski definition) is 4. The molecule has 21 heavy (non-hydrogen) atoms. The number of piperazine rings is 1. The van der Waals surface area contributed by atoms with Crippen molar-refractivity contribution in [2.45, 2.75) is 19.4 Å². The average molecular weight is 311 g/mol. The van der Waals surface area contributed by atoms with E-state index in [4.69, 9.17) is 16.3 Å². The quantitative estimate of drug-likeness (QED) is 0.834. The van der Waals surface area contributed by atoms with Crippen LogP contribution in [0.4, 0.5) is 0 Å². The molecule has 0 aromatic heterocycles. The molecule has 6 nitrogen and oxygen atoms in total. The average Bonchev–Trinajstić information content (AvgIpc) is 2.42. The van der Waals surface area contributed by atoms with Gasteiger partial charge in [-0.15, -0.1) is 0 Å². The van der Waals surface area contributed by atoms with Crippen molar-refractivity contribution < 1.29 is 19.1 Å². The number of carbonyl (C=O) groups excluding carboxylic acids is 3. The Labute approximate surface area is 127 Å². The summed E-state index contributed by atoms with van der Waals surface area (Å²) in [5.74, 6) is -1.20. The number of carbonyl (C=O) groups is 3. The summed E-state index contributed by atoms with van der Waals surface area (Å²) in [6, 6.07) is 4.57. The summed E-state index contributed by atoms with van der Waals surface area (Å²) >= 11 is 5.87. The number of imide groups is 1. The van der Waals surface area contributed by atoms with Crippen LogP contribution in [0.15, 0.2) is 18.2 Å². The number of nitrogens with zero attached hydrogens (tertiary/aromatic N) is 1. The largest absolute Gasteiger partial charge is 0.496 e. The van der Waals surface area contributed by atoms with Crippen molar-refractivity contribution in [2.24, 2.45) is 0 Å². The van der Waals surface area contributed by atoms with E-state index in [0.717, 1.165) is 0 Å². The smallest absolute Gasteiger partial charge is 0.258 e. The van der Waals surface area contributed by atoms with Crippen LogP contribution in [0.3, 0.4) is 0 Å². The summed E-state index contributed by atoms with van der Waals surface area (Å²) in [6.45, 7) is 2.97. The number of benzene rings is 1. The van der Waals surface area contributed by atoms with Gasteiger partial charge in [-0.25, -0.2) is 0 Å². The van der Waals surface area contributed by atoms with Crippen molar-refractivity contribution in [3.05, 3.63) is 28.8 Å². The summed E-state index contributed by atoms with van der Waals surface area (Å²) in [4.78, 5) is 37.3. The van der Waals surface area contributed by atoms with E-state index >= 15 is 0 Å². The lowest BCUT2D eigenvalue weighted by Gasteiger charge is -2.40. The molecule has 0 radical (unpaired) electrons. The van der Waals surface area contributed by atoms with Crippen LogP contribution < -0.4 is 10.1 Å². The van der Waals surface area contributed by atoms with Gasteiger partial charge in [-0.3, -0.25) is 19.7 Å². The summed E-state index contributed by atoms with van der Waals surface area (Å²) in [6.07, 6.45) is 0. The van der Waals surface area contributed by atoms with Crippen molar-refractivity contribution in [1.29, 1.82) is 0 Å². The van der Waals surface area contributed by atoms with Gasteiger partial charge in [0.15, 0.2) is 0 Å². The number of nitrogens with one attached hydrogen (secondary N) is 1. The van der Waals surface area contributed by atoms with Crippen molar-refractivity contribution in [2.75, 3.05) is 13.7 Å². The number of methoxy groups -OCH3 is 1. The minimum absolute atomic E-state index is 0.191. The first-order chi connectivity index (χ1) is 9.77. The maximum absolute atomic E-state index is 12.7. The van der Waals surface area contributed by atoms with Gasteiger partial charge in [0.25, 0.3) is 11.8 Å². The molecule has 1 aromatic rings. The van der Waals surface area contributed by atoms with E-state index in [1.165, 1.54) is 24.1 Å². The molecule has 1 fully saturated rings. The van der Waals surface area contributed by atoms with Gasteiger partial charge in [-0.1, -0.05) is 11.6 Å². The Morgan fingerprint density at radius 2 is 2.05 bits per heavy atom. The maximum atomic E-state index is 12.7. The molecule has 1 aliphatic heterocycles. The molecule has 1 aromatic carbocycles. The van der Waals surface area contributed by atoms with Crippen molar-refractivity contribution in [3.8, 4) is 5.75 Å². The third-order valence-electron chi connectivity index (χ3n) is 3.42. The number of rotatable bonds is 2. The van der Waals surface area contributed by atoms with E-state index in [-0.39, 0.29) is 12.1 Å². The van der Waals surface area contributed by atoms with Crippen LogP contribution in [0.2, 0.25) is 5.02 Å². The van der Waals surface area contributed by atoms with Crippen LogP contribution in [0.1, 0.15) is 24.2 Å². The highest BCUT2D eigenvalue weighted by atomic mass is 35.5. The molecule has 3 amide bonds. The number of halogens is 1. The van der Waals surface area contributed by atoms with Crippen LogP contribution in [0, 0.1) is 0 Å². The topological polar surface area (TPSA) is 75.7 Å². The molecule has 112 valence electrons. The Balaban J connectivity index is 2.43. The normalized spacial score (nSPS) is 17.4. The van der Waals surface area contributed by atoms with Crippen molar-refractivity contribution in [3.63, 3.8) is 0 Å². The van der Waals surface area contributed by atoms with E-state index in [1.54, 1.807) is 19.9 Å². The van der Waals surface area contributed by atoms with Crippen molar-refractivity contribution in [1.82, 2.24) is 10.2 Å². The van der Waals surface area contributed by atoms with Crippen LogP contribution in [-0.2, 0) is 9.59 Å². The molecular weight excluding hydrogens is 296 g/mol. The summed E-state index contributed by atoms with van der Waals surface area (Å²) in [7, 11) is 1.42. The van der Waals surface area contributed by atoms with Gasteiger partial charge >= 0.3 is 0 Å². The summed E-state index contributed by atoms with van der Waals surface area (Å²) in [5.41, 5.74) is -0.882. The van der Waals surface area contributed by atoms with E-state index in [2.05, 4.69) is 5.32 Å². The lowest BCUT2D eigenvalue weighted by atomic mass is 9.97. The Kier molecular flexibility index (Phi) is 3.91. The molecule has 0 aliphatic carbocycles. The van der Waals surface area contributed by atoms with Crippen molar-refractivity contribution >= 4 is 29.3 Å². The molecule has 1 N–H and O–H groups in total. The van der Waals surface area contributed by atoms with E-state index in [0.29, 0.717) is 10.8 Å². The standard InChI is InChI=1S/C14H15ClN2O4/c1-14(2)13(20)16-11(18)7-17(14)12(19)9-5-4-8(15)6-10(9)21-3/h4-6H,7H2,1-3H3,(H,16,18,20). The number of amides is 3. The van der Waals surface area contributed by atoms with Crippen LogP contribution >= 0.6 is 11.6 Å². The van der Waals surface area contributed by atoms with E-state index in [9.17, 15) is 14.4 Å². The Hall–Kier alpha value is -2.08. The molecule has 7 heteroatoms. The molecule has 2 rings (SSSR count). The fourth-order valence-electron chi connectivity index (χ4n) is 2.10. The van der Waals surface area contributed by atoms with Gasteiger partial charge in [-0.2, -0.15) is 0 Å². The van der Waals surface area contributed by atoms with E-state index < -0.39 is 23.3 Å². The van der Waals surface area contributed by atoms with Crippen LogP contribution in [0.5, 0.6) is 5.75 Å². The third-order valence-corrected chi connectivity index (χ3v) is 3.66. The molecule has 1 saturated heterocycles. The maximum Gasteiger partial charge on any atom is 0.258 e. The molecular formula is C14H15ClN2O4. The fraction of sp³-hybridized carbons (Fsp3) is 0.357. The highest BCUT2D eigenvalue weighted by Crippen LogP contribution is 2.28. The van der Waals surface area contributed by atoms with Crippen LogP contribution in [-0.4, -0.2) is 41.8 Å². The number of ether oxygens (including phenoxy) is 1. The van der Waals surface area contributed by atoms with Gasteiger partial charge in [0, 0.05) is 5.02 Å². The van der Waals surface area contributed by atoms with Crippen LogP contribution in [0.25, 0.3) is 0 Å². The first kappa shape index (κ1) is 15.3. The Bertz CT molecular complexity index is 627. The second-order valence-corrected chi connectivity index (χ2v) is 5.61. The molecule has 0 saturated carbocycles. The molecule has 0 spiro atoms. The van der Waals surface area contributed by atoms with Gasteiger partial charge < -0.3 is 9.64 Å².